The highest BCUT2D eigenvalue weighted by Gasteiger charge is 2.30. The molecule has 106 valence electrons. The zero-order valence-electron chi connectivity index (χ0n) is 11.3. The van der Waals surface area contributed by atoms with Crippen LogP contribution in [0.3, 0.4) is 0 Å². The Labute approximate surface area is 120 Å². The van der Waals surface area contributed by atoms with Gasteiger partial charge in [-0.25, -0.2) is 0 Å². The SMILES string of the molecule is O=C(c1cc2ccccc2[nH]1)N1CCC(c2ncon2)C1. The van der Waals surface area contributed by atoms with Gasteiger partial charge in [0.05, 0.1) is 0 Å². The second-order valence-electron chi connectivity index (χ2n) is 5.30. The third kappa shape index (κ3) is 2.08. The first-order valence-corrected chi connectivity index (χ1v) is 6.94. The van der Waals surface area contributed by atoms with Crippen molar-refractivity contribution in [1.29, 1.82) is 0 Å². The van der Waals surface area contributed by atoms with Crippen LogP contribution in [0.5, 0.6) is 0 Å². The van der Waals surface area contributed by atoms with E-state index in [1.165, 1.54) is 6.39 Å². The molecule has 4 rings (SSSR count). The zero-order chi connectivity index (χ0) is 14.2. The van der Waals surface area contributed by atoms with Gasteiger partial charge in [-0.05, 0) is 18.6 Å². The molecule has 3 heterocycles. The van der Waals surface area contributed by atoms with E-state index in [2.05, 4.69) is 15.1 Å². The Hall–Kier alpha value is -2.63. The van der Waals surface area contributed by atoms with Gasteiger partial charge < -0.3 is 14.4 Å². The third-order valence-electron chi connectivity index (χ3n) is 3.98. The van der Waals surface area contributed by atoms with E-state index >= 15 is 0 Å². The molecule has 1 amide bonds. The fourth-order valence-corrected chi connectivity index (χ4v) is 2.87. The van der Waals surface area contributed by atoms with Crippen molar-refractivity contribution in [2.75, 3.05) is 13.1 Å². The number of benzene rings is 1. The number of nitrogens with zero attached hydrogens (tertiary/aromatic N) is 3. The van der Waals surface area contributed by atoms with E-state index < -0.39 is 0 Å². The molecule has 1 saturated heterocycles. The van der Waals surface area contributed by atoms with Gasteiger partial charge in [0.25, 0.3) is 5.91 Å². The number of nitrogens with one attached hydrogen (secondary N) is 1. The summed E-state index contributed by atoms with van der Waals surface area (Å²) >= 11 is 0. The largest absolute Gasteiger partial charge is 0.351 e. The standard InChI is InChI=1S/C15H14N4O2/c20-15(13-7-10-3-1-2-4-12(10)17-13)19-6-5-11(8-19)14-16-9-21-18-14/h1-4,7,9,11,17H,5-6,8H2. The Kier molecular flexibility index (Phi) is 2.73. The predicted molar refractivity (Wildman–Crippen MR) is 75.9 cm³/mol. The number of fused-ring (bicyclic) bond motifs is 1. The van der Waals surface area contributed by atoms with Gasteiger partial charge >= 0.3 is 0 Å². The van der Waals surface area contributed by atoms with Gasteiger partial charge in [-0.3, -0.25) is 4.79 Å². The summed E-state index contributed by atoms with van der Waals surface area (Å²) in [7, 11) is 0. The number of carbonyl (C=O) groups excluding carboxylic acids is 1. The number of likely N-dealkylation sites (tertiary alicyclic amines) is 1. The summed E-state index contributed by atoms with van der Waals surface area (Å²) in [6.07, 6.45) is 2.20. The smallest absolute Gasteiger partial charge is 0.270 e. The number of hydrogen-bond acceptors (Lipinski definition) is 4. The summed E-state index contributed by atoms with van der Waals surface area (Å²) in [4.78, 5) is 21.7. The van der Waals surface area contributed by atoms with Crippen LogP contribution in [0.15, 0.2) is 41.2 Å². The molecule has 1 unspecified atom stereocenters. The van der Waals surface area contributed by atoms with Gasteiger partial charge in [0.1, 0.15) is 5.69 Å². The predicted octanol–water partition coefficient (Wildman–Crippen LogP) is 2.18. The minimum atomic E-state index is 0.0252. The minimum Gasteiger partial charge on any atom is -0.351 e. The van der Waals surface area contributed by atoms with Crippen molar-refractivity contribution < 1.29 is 9.32 Å². The van der Waals surface area contributed by atoms with Crippen molar-refractivity contribution in [3.05, 3.63) is 48.2 Å². The average Bonchev–Trinajstić information content (AvgIpc) is 3.24. The van der Waals surface area contributed by atoms with Crippen molar-refractivity contribution in [2.45, 2.75) is 12.3 Å². The molecule has 1 aliphatic heterocycles. The maximum Gasteiger partial charge on any atom is 0.270 e. The molecule has 2 aromatic heterocycles. The highest BCUT2D eigenvalue weighted by Crippen LogP contribution is 2.26. The van der Waals surface area contributed by atoms with Crippen LogP contribution in [0.4, 0.5) is 0 Å². The molecule has 6 heteroatoms. The summed E-state index contributed by atoms with van der Waals surface area (Å²) < 4.78 is 4.78. The molecule has 0 aliphatic carbocycles. The molecule has 1 fully saturated rings. The van der Waals surface area contributed by atoms with Gasteiger partial charge in [0, 0.05) is 29.9 Å². The quantitative estimate of drug-likeness (QED) is 0.781. The van der Waals surface area contributed by atoms with E-state index in [4.69, 9.17) is 4.52 Å². The molecule has 1 aliphatic rings. The van der Waals surface area contributed by atoms with Gasteiger partial charge in [-0.2, -0.15) is 4.98 Å². The Bertz CT molecular complexity index is 745. The lowest BCUT2D eigenvalue weighted by molar-refractivity contribution is 0.0785. The Morgan fingerprint density at radius 2 is 2.29 bits per heavy atom. The summed E-state index contributed by atoms with van der Waals surface area (Å²) in [5.41, 5.74) is 1.61. The van der Waals surface area contributed by atoms with E-state index in [0.29, 0.717) is 24.6 Å². The Morgan fingerprint density at radius 3 is 3.10 bits per heavy atom. The lowest BCUT2D eigenvalue weighted by atomic mass is 10.1. The molecule has 1 atom stereocenters. The normalized spacial score (nSPS) is 18.5. The number of amides is 1. The van der Waals surface area contributed by atoms with E-state index in [1.54, 1.807) is 0 Å². The maximum atomic E-state index is 12.6. The lowest BCUT2D eigenvalue weighted by Gasteiger charge is -2.14. The van der Waals surface area contributed by atoms with Crippen LogP contribution in [-0.2, 0) is 0 Å². The van der Waals surface area contributed by atoms with Crippen LogP contribution in [0, 0.1) is 0 Å². The second kappa shape index (κ2) is 4.73. The molecular formula is C15H14N4O2. The first kappa shape index (κ1) is 12.1. The van der Waals surface area contributed by atoms with Crippen molar-refractivity contribution in [3.8, 4) is 0 Å². The van der Waals surface area contributed by atoms with Crippen LogP contribution in [-0.4, -0.2) is 39.0 Å². The summed E-state index contributed by atoms with van der Waals surface area (Å²) in [5.74, 6) is 0.872. The van der Waals surface area contributed by atoms with Gasteiger partial charge in [-0.1, -0.05) is 23.4 Å². The van der Waals surface area contributed by atoms with Crippen molar-refractivity contribution >= 4 is 16.8 Å². The number of carbonyl (C=O) groups is 1. The van der Waals surface area contributed by atoms with Crippen LogP contribution < -0.4 is 0 Å². The molecule has 0 bridgehead atoms. The average molecular weight is 282 g/mol. The topological polar surface area (TPSA) is 75.0 Å². The van der Waals surface area contributed by atoms with Gasteiger partial charge in [0.15, 0.2) is 5.82 Å². The Balaban J connectivity index is 1.55. The summed E-state index contributed by atoms with van der Waals surface area (Å²) in [5, 5.41) is 4.92. The fraction of sp³-hybridized carbons (Fsp3) is 0.267. The van der Waals surface area contributed by atoms with E-state index in [9.17, 15) is 4.79 Å². The van der Waals surface area contributed by atoms with Crippen molar-refractivity contribution in [2.24, 2.45) is 0 Å². The summed E-state index contributed by atoms with van der Waals surface area (Å²) in [6, 6.07) is 9.79. The van der Waals surface area contributed by atoms with Crippen LogP contribution >= 0.6 is 0 Å². The molecule has 3 aromatic rings. The number of H-pyrrole nitrogens is 1. The first-order valence-electron chi connectivity index (χ1n) is 6.94. The zero-order valence-corrected chi connectivity index (χ0v) is 11.3. The Morgan fingerprint density at radius 1 is 1.38 bits per heavy atom. The molecule has 0 radical (unpaired) electrons. The van der Waals surface area contributed by atoms with Gasteiger partial charge in [0.2, 0.25) is 6.39 Å². The van der Waals surface area contributed by atoms with E-state index in [-0.39, 0.29) is 11.8 Å². The minimum absolute atomic E-state index is 0.0252. The monoisotopic (exact) mass is 282 g/mol. The van der Waals surface area contributed by atoms with Crippen molar-refractivity contribution in [1.82, 2.24) is 20.0 Å². The number of aromatic amines is 1. The van der Waals surface area contributed by atoms with Crippen LogP contribution in [0.25, 0.3) is 10.9 Å². The van der Waals surface area contributed by atoms with Crippen molar-refractivity contribution in [3.63, 3.8) is 0 Å². The molecule has 0 spiro atoms. The van der Waals surface area contributed by atoms with Gasteiger partial charge in [-0.15, -0.1) is 0 Å². The van der Waals surface area contributed by atoms with Crippen LogP contribution in [0.1, 0.15) is 28.7 Å². The number of aromatic nitrogens is 3. The molecule has 21 heavy (non-hydrogen) atoms. The maximum absolute atomic E-state index is 12.6. The number of rotatable bonds is 2. The lowest BCUT2D eigenvalue weighted by Crippen LogP contribution is -2.28. The molecule has 1 aromatic carbocycles. The summed E-state index contributed by atoms with van der Waals surface area (Å²) in [6.45, 7) is 1.35. The first-order chi connectivity index (χ1) is 10.3. The number of para-hydroxylation sites is 1. The highest BCUT2D eigenvalue weighted by atomic mass is 16.5. The molecular weight excluding hydrogens is 268 g/mol. The second-order valence-corrected chi connectivity index (χ2v) is 5.30. The van der Waals surface area contributed by atoms with E-state index in [1.807, 2.05) is 35.2 Å². The molecule has 0 saturated carbocycles. The van der Waals surface area contributed by atoms with Crippen LogP contribution in [0.2, 0.25) is 0 Å². The molecule has 6 nitrogen and oxygen atoms in total. The number of hydrogen-bond donors (Lipinski definition) is 1. The third-order valence-corrected chi connectivity index (χ3v) is 3.98. The van der Waals surface area contributed by atoms with E-state index in [0.717, 1.165) is 17.3 Å². The fourth-order valence-electron chi connectivity index (χ4n) is 2.87. The molecule has 1 N–H and O–H groups in total. The highest BCUT2D eigenvalue weighted by molar-refractivity contribution is 5.98.